The summed E-state index contributed by atoms with van der Waals surface area (Å²) in [5.41, 5.74) is -1.33. The molecular formula is C33H34F6N8O2. The molecule has 0 amide bonds. The van der Waals surface area contributed by atoms with E-state index in [0.717, 1.165) is 42.0 Å². The maximum absolute atomic E-state index is 16.0. The topological polar surface area (TPSA) is 140 Å². The number of rotatable bonds is 11. The lowest BCUT2D eigenvalue weighted by Crippen LogP contribution is -2.53. The molecule has 0 spiro atoms. The van der Waals surface area contributed by atoms with Crippen LogP contribution in [0.25, 0.3) is 11.1 Å². The van der Waals surface area contributed by atoms with Crippen LogP contribution in [0.1, 0.15) is 29.5 Å². The maximum atomic E-state index is 16.0. The van der Waals surface area contributed by atoms with E-state index in [1.165, 1.54) is 30.6 Å². The van der Waals surface area contributed by atoms with Crippen LogP contribution >= 0.6 is 0 Å². The number of hydrazine groups is 1. The zero-order valence-corrected chi connectivity index (χ0v) is 26.0. The summed E-state index contributed by atoms with van der Waals surface area (Å²) in [7, 11) is 0. The lowest BCUT2D eigenvalue weighted by Gasteiger charge is -2.37. The van der Waals surface area contributed by atoms with Crippen LogP contribution < -0.4 is 21.5 Å². The van der Waals surface area contributed by atoms with Crippen molar-refractivity contribution < 1.29 is 36.6 Å². The molecule has 1 aliphatic heterocycles. The first-order chi connectivity index (χ1) is 23.2. The molecule has 0 aliphatic carbocycles. The van der Waals surface area contributed by atoms with Crippen molar-refractivity contribution in [3.63, 3.8) is 0 Å². The highest BCUT2D eigenvalue weighted by Gasteiger charge is 2.57. The smallest absolute Gasteiger partial charge is 0.386 e. The summed E-state index contributed by atoms with van der Waals surface area (Å²) in [6.07, 6.45) is -4.02. The predicted molar refractivity (Wildman–Crippen MR) is 172 cm³/mol. The Kier molecular flexibility index (Phi) is 10.3. The summed E-state index contributed by atoms with van der Waals surface area (Å²) < 4.78 is 83.8. The number of nitrogens with two attached hydrogens (primary N) is 2. The highest BCUT2D eigenvalue weighted by molar-refractivity contribution is 5.66. The number of alkyl halides is 5. The van der Waals surface area contributed by atoms with E-state index in [0.29, 0.717) is 42.3 Å². The summed E-state index contributed by atoms with van der Waals surface area (Å²) in [6, 6.07) is 17.2. The van der Waals surface area contributed by atoms with Gasteiger partial charge in [-0.3, -0.25) is 15.0 Å². The van der Waals surface area contributed by atoms with Gasteiger partial charge in [-0.25, -0.2) is 10.2 Å². The molecule has 1 aliphatic rings. The van der Waals surface area contributed by atoms with Crippen molar-refractivity contribution in [1.82, 2.24) is 15.0 Å². The molecule has 2 unspecified atom stereocenters. The van der Waals surface area contributed by atoms with Crippen LogP contribution in [0.4, 0.5) is 37.7 Å². The molecular weight excluding hydrogens is 654 g/mol. The maximum Gasteiger partial charge on any atom is 0.391 e. The van der Waals surface area contributed by atoms with E-state index < -0.39 is 53.8 Å². The molecule has 260 valence electrons. The molecule has 1 saturated heterocycles. The van der Waals surface area contributed by atoms with Crippen molar-refractivity contribution in [2.45, 2.75) is 30.2 Å². The van der Waals surface area contributed by atoms with Gasteiger partial charge in [0.25, 0.3) is 0 Å². The van der Waals surface area contributed by atoms with Crippen molar-refractivity contribution in [3.8, 4) is 11.1 Å². The molecule has 0 bridgehead atoms. The largest absolute Gasteiger partial charge is 0.391 e. The van der Waals surface area contributed by atoms with Crippen molar-refractivity contribution in [3.05, 3.63) is 108 Å². The van der Waals surface area contributed by atoms with E-state index in [9.17, 15) is 27.8 Å². The van der Waals surface area contributed by atoms with Crippen molar-refractivity contribution >= 4 is 17.7 Å². The van der Waals surface area contributed by atoms with Crippen LogP contribution in [0.15, 0.2) is 90.3 Å². The molecule has 16 heteroatoms. The van der Waals surface area contributed by atoms with Crippen molar-refractivity contribution in [2.75, 3.05) is 42.5 Å². The van der Waals surface area contributed by atoms with Gasteiger partial charge < -0.3 is 25.9 Å². The molecule has 0 radical (unpaired) electrons. The van der Waals surface area contributed by atoms with E-state index >= 15 is 8.78 Å². The van der Waals surface area contributed by atoms with E-state index in [-0.39, 0.29) is 5.69 Å². The number of piperazine rings is 1. The first-order valence-corrected chi connectivity index (χ1v) is 15.1. The second-order valence-corrected chi connectivity index (χ2v) is 11.6. The first-order valence-electron chi connectivity index (χ1n) is 15.1. The van der Waals surface area contributed by atoms with Gasteiger partial charge in [-0.1, -0.05) is 30.3 Å². The van der Waals surface area contributed by atoms with Gasteiger partial charge in [0.15, 0.2) is 5.60 Å². The van der Waals surface area contributed by atoms with Crippen LogP contribution in [-0.4, -0.2) is 70.4 Å². The number of halogens is 6. The van der Waals surface area contributed by atoms with Crippen LogP contribution in [-0.2, 0) is 11.5 Å². The standard InChI is InChI=1S/C33H34F6N8O2/c34-25-3-1-2-24(16-25)31(49,20-47(41)21-44-40)33(38,39)30-11-6-23(18-43-30)22-4-7-26(8-5-22)45-12-14-46(15-13-45)27-9-10-28(42-19-27)29(48)17-32(35,36)37/h1-11,16,18-19,21,29,48-49H,12-15,17,20,40-41H2/b44-21-. The van der Waals surface area contributed by atoms with Crippen molar-refractivity contribution in [2.24, 2.45) is 16.8 Å². The lowest BCUT2D eigenvalue weighted by molar-refractivity contribution is -0.202. The van der Waals surface area contributed by atoms with Gasteiger partial charge >= 0.3 is 12.1 Å². The number of nitrogens with zero attached hydrogens (tertiary/aromatic N) is 6. The summed E-state index contributed by atoms with van der Waals surface area (Å²) in [6.45, 7) is 1.65. The van der Waals surface area contributed by atoms with Gasteiger partial charge in [0, 0.05) is 43.6 Å². The predicted octanol–water partition coefficient (Wildman–Crippen LogP) is 4.65. The number of anilines is 2. The zero-order valence-electron chi connectivity index (χ0n) is 26.0. The van der Waals surface area contributed by atoms with Gasteiger partial charge in [0.1, 0.15) is 24.0 Å². The summed E-state index contributed by atoms with van der Waals surface area (Å²) >= 11 is 0. The van der Waals surface area contributed by atoms with Gasteiger partial charge in [0.05, 0.1) is 30.5 Å². The van der Waals surface area contributed by atoms with Gasteiger partial charge in [-0.2, -0.15) is 27.1 Å². The number of aliphatic hydroxyl groups is 2. The average Bonchev–Trinajstić information content (AvgIpc) is 3.08. The Bertz CT molecular complexity index is 1720. The zero-order chi connectivity index (χ0) is 35.4. The minimum atomic E-state index is -4.50. The molecule has 5 rings (SSSR count). The molecule has 0 saturated carbocycles. The van der Waals surface area contributed by atoms with Crippen LogP contribution in [0.5, 0.6) is 0 Å². The van der Waals surface area contributed by atoms with Gasteiger partial charge in [-0.15, -0.1) is 0 Å². The van der Waals surface area contributed by atoms with E-state index in [1.807, 2.05) is 29.2 Å². The molecule has 2 aromatic carbocycles. The highest BCUT2D eigenvalue weighted by atomic mass is 19.4. The monoisotopic (exact) mass is 688 g/mol. The van der Waals surface area contributed by atoms with Crippen LogP contribution in [0, 0.1) is 5.82 Å². The fourth-order valence-electron chi connectivity index (χ4n) is 5.66. The second kappa shape index (κ2) is 14.3. The minimum Gasteiger partial charge on any atom is -0.386 e. The number of aromatic nitrogens is 2. The highest BCUT2D eigenvalue weighted by Crippen LogP contribution is 2.45. The van der Waals surface area contributed by atoms with E-state index in [2.05, 4.69) is 20.0 Å². The molecule has 6 N–H and O–H groups in total. The number of hydrogen-bond acceptors (Lipinski definition) is 9. The lowest BCUT2D eigenvalue weighted by atomic mass is 9.84. The third kappa shape index (κ3) is 8.04. The third-order valence-corrected chi connectivity index (χ3v) is 8.28. The van der Waals surface area contributed by atoms with E-state index in [1.54, 1.807) is 6.07 Å². The van der Waals surface area contributed by atoms with Gasteiger partial charge in [-0.05, 0) is 53.6 Å². The molecule has 3 heterocycles. The van der Waals surface area contributed by atoms with Crippen LogP contribution in [0.2, 0.25) is 0 Å². The number of aliphatic hydroxyl groups excluding tert-OH is 1. The Morgan fingerprint density at radius 1 is 0.857 bits per heavy atom. The Morgan fingerprint density at radius 3 is 2.04 bits per heavy atom. The number of benzene rings is 2. The van der Waals surface area contributed by atoms with Crippen LogP contribution in [0.3, 0.4) is 0 Å². The fourth-order valence-corrected chi connectivity index (χ4v) is 5.66. The summed E-state index contributed by atoms with van der Waals surface area (Å²) in [5.74, 6) is 5.92. The molecule has 2 atom stereocenters. The Hall–Kier alpha value is -4.93. The Morgan fingerprint density at radius 2 is 1.49 bits per heavy atom. The number of hydrazone groups is 1. The average molecular weight is 689 g/mol. The minimum absolute atomic E-state index is 0.0413. The fraction of sp³-hybridized carbons (Fsp3) is 0.303. The Labute approximate surface area is 277 Å². The SMILES string of the molecule is N/N=C\N(N)CC(O)(c1cccc(F)c1)C(F)(F)c1ccc(-c2ccc(N3CCN(c4ccc(C(O)CC(F)(F)F)nc4)CC3)cc2)cn1. The van der Waals surface area contributed by atoms with Gasteiger partial charge in [0.2, 0.25) is 0 Å². The number of hydrogen-bond donors (Lipinski definition) is 4. The Balaban J connectivity index is 1.24. The van der Waals surface area contributed by atoms with Crippen molar-refractivity contribution in [1.29, 1.82) is 0 Å². The normalized spacial score (nSPS) is 16.1. The number of pyridine rings is 2. The quantitative estimate of drug-likeness (QED) is 0.0583. The molecule has 4 aromatic rings. The molecule has 10 nitrogen and oxygen atoms in total. The van der Waals surface area contributed by atoms with E-state index in [4.69, 9.17) is 11.7 Å². The molecule has 2 aromatic heterocycles. The summed E-state index contributed by atoms with van der Waals surface area (Å²) in [4.78, 5) is 12.2. The second-order valence-electron chi connectivity index (χ2n) is 11.6. The molecule has 49 heavy (non-hydrogen) atoms. The summed E-state index contributed by atoms with van der Waals surface area (Å²) in [5, 5.41) is 25.0. The first kappa shape index (κ1) is 35.4. The molecule has 1 fully saturated rings. The third-order valence-electron chi connectivity index (χ3n) is 8.28.